The van der Waals surface area contributed by atoms with Gasteiger partial charge in [0.2, 0.25) is 0 Å². The number of benzene rings is 2. The summed E-state index contributed by atoms with van der Waals surface area (Å²) < 4.78 is 23.0. The number of rotatable bonds is 5. The van der Waals surface area contributed by atoms with E-state index in [1.165, 1.54) is 12.1 Å². The molecule has 5 rings (SSSR count). The van der Waals surface area contributed by atoms with E-state index >= 15 is 0 Å². The molecule has 4 aromatic rings. The van der Waals surface area contributed by atoms with E-state index in [0.29, 0.717) is 11.4 Å². The van der Waals surface area contributed by atoms with Crippen LogP contribution >= 0.6 is 0 Å². The van der Waals surface area contributed by atoms with Crippen molar-refractivity contribution in [1.29, 1.82) is 5.26 Å². The number of imidazole rings is 1. The summed E-state index contributed by atoms with van der Waals surface area (Å²) in [6, 6.07) is 12.4. The molecule has 2 aromatic carbocycles. The molecular formula is C26H23FN6O. The minimum Gasteiger partial charge on any atom is -0.495 e. The predicted molar refractivity (Wildman–Crippen MR) is 126 cm³/mol. The van der Waals surface area contributed by atoms with Gasteiger partial charge in [-0.05, 0) is 61.2 Å². The monoisotopic (exact) mass is 454 g/mol. The molecule has 34 heavy (non-hydrogen) atoms. The number of nitriles is 1. The lowest BCUT2D eigenvalue weighted by Gasteiger charge is -2.23. The zero-order valence-corrected chi connectivity index (χ0v) is 18.9. The molecule has 1 aliphatic heterocycles. The Labute approximate surface area is 196 Å². The molecule has 2 aromatic heterocycles. The normalized spacial score (nSPS) is 15.3. The van der Waals surface area contributed by atoms with Gasteiger partial charge in [-0.15, -0.1) is 0 Å². The van der Waals surface area contributed by atoms with Gasteiger partial charge in [0.05, 0.1) is 36.5 Å². The highest BCUT2D eigenvalue weighted by Gasteiger charge is 2.27. The van der Waals surface area contributed by atoms with Crippen LogP contribution in [0.3, 0.4) is 0 Å². The molecule has 7 nitrogen and oxygen atoms in total. The summed E-state index contributed by atoms with van der Waals surface area (Å²) in [7, 11) is 1.65. The second kappa shape index (κ2) is 8.94. The standard InChI is InChI=1S/C26H23FN6O/c1-17-15-32(16-29-17)23-9-5-18(12-24(23)34-2)6-10-25-30-26-22(4-3-11-33(26)31-25)21-8-7-20(27)13-19(21)14-28/h5-10,12-13,15-16,22H,3-4,11H2,1-2H3/b10-6+/t22-/m1/s1. The first-order chi connectivity index (χ1) is 16.6. The maximum Gasteiger partial charge on any atom is 0.174 e. The molecule has 1 atom stereocenters. The van der Waals surface area contributed by atoms with Gasteiger partial charge in [-0.25, -0.2) is 19.0 Å². The number of hydrogen-bond donors (Lipinski definition) is 0. The van der Waals surface area contributed by atoms with Crippen molar-refractivity contribution in [3.05, 3.63) is 88.8 Å². The minimum atomic E-state index is -0.411. The highest BCUT2D eigenvalue weighted by Crippen LogP contribution is 2.34. The first kappa shape index (κ1) is 21.6. The van der Waals surface area contributed by atoms with Gasteiger partial charge in [0.1, 0.15) is 17.4 Å². The van der Waals surface area contributed by atoms with Crippen molar-refractivity contribution in [3.8, 4) is 17.5 Å². The van der Waals surface area contributed by atoms with E-state index in [0.717, 1.165) is 53.5 Å². The van der Waals surface area contributed by atoms with Crippen LogP contribution in [0, 0.1) is 24.1 Å². The molecule has 0 spiro atoms. The van der Waals surface area contributed by atoms with Crippen molar-refractivity contribution in [3.63, 3.8) is 0 Å². The number of ether oxygens (including phenoxy) is 1. The van der Waals surface area contributed by atoms with Gasteiger partial charge in [-0.2, -0.15) is 10.4 Å². The van der Waals surface area contributed by atoms with Crippen molar-refractivity contribution in [1.82, 2.24) is 24.3 Å². The molecule has 0 saturated carbocycles. The van der Waals surface area contributed by atoms with E-state index in [-0.39, 0.29) is 5.92 Å². The van der Waals surface area contributed by atoms with Gasteiger partial charge < -0.3 is 9.30 Å². The summed E-state index contributed by atoms with van der Waals surface area (Å²) in [6.07, 6.45) is 9.28. The van der Waals surface area contributed by atoms with Crippen molar-refractivity contribution < 1.29 is 9.13 Å². The van der Waals surface area contributed by atoms with Gasteiger partial charge in [0.25, 0.3) is 0 Å². The smallest absolute Gasteiger partial charge is 0.174 e. The molecule has 0 saturated heterocycles. The average molecular weight is 455 g/mol. The molecule has 8 heteroatoms. The summed E-state index contributed by atoms with van der Waals surface area (Å²) in [5.41, 5.74) is 3.93. The van der Waals surface area contributed by atoms with Crippen LogP contribution in [0.4, 0.5) is 4.39 Å². The number of hydrogen-bond acceptors (Lipinski definition) is 5. The van der Waals surface area contributed by atoms with Crippen LogP contribution in [0.15, 0.2) is 48.9 Å². The van der Waals surface area contributed by atoms with E-state index < -0.39 is 5.82 Å². The predicted octanol–water partition coefficient (Wildman–Crippen LogP) is 4.89. The highest BCUT2D eigenvalue weighted by molar-refractivity contribution is 5.69. The van der Waals surface area contributed by atoms with Crippen LogP contribution in [0.2, 0.25) is 0 Å². The lowest BCUT2D eigenvalue weighted by atomic mass is 9.88. The minimum absolute atomic E-state index is 0.0864. The van der Waals surface area contributed by atoms with Gasteiger partial charge in [0, 0.05) is 18.7 Å². The number of halogens is 1. The third kappa shape index (κ3) is 4.08. The summed E-state index contributed by atoms with van der Waals surface area (Å²) in [5.74, 6) is 1.63. The zero-order chi connectivity index (χ0) is 23.7. The van der Waals surface area contributed by atoms with Crippen LogP contribution < -0.4 is 4.74 Å². The average Bonchev–Trinajstić information content (AvgIpc) is 3.48. The Morgan fingerprint density at radius 3 is 2.85 bits per heavy atom. The SMILES string of the molecule is COc1cc(/C=C/c2nc3n(n2)CCC[C@@H]3c2ccc(F)cc2C#N)ccc1-n1cnc(C)c1. The third-order valence-electron chi connectivity index (χ3n) is 6.02. The molecule has 0 amide bonds. The first-order valence-corrected chi connectivity index (χ1v) is 11.1. The van der Waals surface area contributed by atoms with Gasteiger partial charge in [0.15, 0.2) is 5.82 Å². The van der Waals surface area contributed by atoms with E-state index in [1.807, 2.05) is 52.7 Å². The largest absolute Gasteiger partial charge is 0.495 e. The zero-order valence-electron chi connectivity index (χ0n) is 18.9. The van der Waals surface area contributed by atoms with Crippen molar-refractivity contribution in [2.45, 2.75) is 32.2 Å². The van der Waals surface area contributed by atoms with Crippen molar-refractivity contribution in [2.75, 3.05) is 7.11 Å². The molecule has 0 radical (unpaired) electrons. The maximum absolute atomic E-state index is 13.6. The molecule has 3 heterocycles. The molecular weight excluding hydrogens is 431 g/mol. The Bertz CT molecular complexity index is 1430. The van der Waals surface area contributed by atoms with Gasteiger partial charge in [-0.1, -0.05) is 18.2 Å². The molecule has 0 aliphatic carbocycles. The van der Waals surface area contributed by atoms with Crippen LogP contribution in [0.5, 0.6) is 5.75 Å². The van der Waals surface area contributed by atoms with E-state index in [4.69, 9.17) is 9.72 Å². The van der Waals surface area contributed by atoms with E-state index in [9.17, 15) is 9.65 Å². The molecule has 0 bridgehead atoms. The fourth-order valence-corrected chi connectivity index (χ4v) is 4.40. The Kier molecular flexibility index (Phi) is 5.68. The molecule has 0 unspecified atom stereocenters. The first-order valence-electron chi connectivity index (χ1n) is 11.1. The topological polar surface area (TPSA) is 81.5 Å². The quantitative estimate of drug-likeness (QED) is 0.429. The number of nitrogens with zero attached hydrogens (tertiary/aromatic N) is 6. The molecule has 0 N–H and O–H groups in total. The third-order valence-corrected chi connectivity index (χ3v) is 6.02. The van der Waals surface area contributed by atoms with Gasteiger partial charge in [-0.3, -0.25) is 0 Å². The maximum atomic E-state index is 13.6. The Morgan fingerprint density at radius 1 is 1.21 bits per heavy atom. The van der Waals surface area contributed by atoms with Crippen LogP contribution in [-0.4, -0.2) is 31.4 Å². The summed E-state index contributed by atoms with van der Waals surface area (Å²) in [6.45, 7) is 2.71. The lowest BCUT2D eigenvalue weighted by Crippen LogP contribution is -2.18. The van der Waals surface area contributed by atoms with E-state index in [2.05, 4.69) is 16.2 Å². The Morgan fingerprint density at radius 2 is 2.09 bits per heavy atom. The van der Waals surface area contributed by atoms with Crippen molar-refractivity contribution in [2.24, 2.45) is 0 Å². The molecule has 0 fully saturated rings. The Balaban J connectivity index is 1.43. The number of methoxy groups -OCH3 is 1. The van der Waals surface area contributed by atoms with Crippen LogP contribution in [-0.2, 0) is 6.54 Å². The van der Waals surface area contributed by atoms with Crippen LogP contribution in [0.25, 0.3) is 17.8 Å². The number of fused-ring (bicyclic) bond motifs is 1. The van der Waals surface area contributed by atoms with Gasteiger partial charge >= 0.3 is 0 Å². The number of aromatic nitrogens is 5. The lowest BCUT2D eigenvalue weighted by molar-refractivity contribution is 0.413. The second-order valence-corrected chi connectivity index (χ2v) is 8.28. The van der Waals surface area contributed by atoms with E-state index in [1.54, 1.807) is 19.5 Å². The number of aryl methyl sites for hydroxylation is 2. The summed E-state index contributed by atoms with van der Waals surface area (Å²) >= 11 is 0. The highest BCUT2D eigenvalue weighted by atomic mass is 19.1. The van der Waals surface area contributed by atoms with Crippen molar-refractivity contribution >= 4 is 12.2 Å². The van der Waals surface area contributed by atoms with Crippen LogP contribution in [0.1, 0.15) is 52.8 Å². The second-order valence-electron chi connectivity index (χ2n) is 8.28. The molecule has 1 aliphatic rings. The molecule has 170 valence electrons. The fourth-order valence-electron chi connectivity index (χ4n) is 4.40. The summed E-state index contributed by atoms with van der Waals surface area (Å²) in [4.78, 5) is 9.03. The summed E-state index contributed by atoms with van der Waals surface area (Å²) in [5, 5.41) is 14.1. The fraction of sp³-hybridized carbons (Fsp3) is 0.231. The Hall–Kier alpha value is -4.25.